The Hall–Kier alpha value is -1.97. The first-order valence-electron chi connectivity index (χ1n) is 4.85. The standard InChI is InChI=1S/C12H16N2O2/c1-4-5-10-6-9(8-14-13)7-11(15-2)12(10)16-3/h4,6-8H,1,5,13H2,2-3H3. The van der Waals surface area contributed by atoms with Crippen molar-refractivity contribution in [3.63, 3.8) is 0 Å². The van der Waals surface area contributed by atoms with Crippen molar-refractivity contribution < 1.29 is 9.47 Å². The van der Waals surface area contributed by atoms with Crippen LogP contribution in [-0.4, -0.2) is 20.4 Å². The quantitative estimate of drug-likeness (QED) is 0.356. The van der Waals surface area contributed by atoms with E-state index in [2.05, 4.69) is 11.7 Å². The van der Waals surface area contributed by atoms with Crippen molar-refractivity contribution in [3.8, 4) is 11.5 Å². The van der Waals surface area contributed by atoms with Crippen molar-refractivity contribution in [2.45, 2.75) is 6.42 Å². The van der Waals surface area contributed by atoms with Crippen molar-refractivity contribution in [1.82, 2.24) is 0 Å². The van der Waals surface area contributed by atoms with E-state index < -0.39 is 0 Å². The fourth-order valence-electron chi connectivity index (χ4n) is 1.53. The van der Waals surface area contributed by atoms with E-state index in [-0.39, 0.29) is 0 Å². The average Bonchev–Trinajstić information content (AvgIpc) is 2.29. The number of hydrogen-bond donors (Lipinski definition) is 1. The SMILES string of the molecule is C=CCc1cc(C=NN)cc(OC)c1OC. The first-order chi connectivity index (χ1) is 7.76. The number of allylic oxidation sites excluding steroid dienone is 1. The van der Waals surface area contributed by atoms with E-state index in [4.69, 9.17) is 15.3 Å². The van der Waals surface area contributed by atoms with Gasteiger partial charge in [-0.25, -0.2) is 0 Å². The first-order valence-corrected chi connectivity index (χ1v) is 4.85. The van der Waals surface area contributed by atoms with Gasteiger partial charge >= 0.3 is 0 Å². The minimum absolute atomic E-state index is 0.664. The van der Waals surface area contributed by atoms with E-state index in [0.717, 1.165) is 16.9 Å². The van der Waals surface area contributed by atoms with E-state index >= 15 is 0 Å². The molecule has 0 aromatic heterocycles. The number of hydrazone groups is 1. The molecule has 0 aliphatic heterocycles. The summed E-state index contributed by atoms with van der Waals surface area (Å²) < 4.78 is 10.6. The van der Waals surface area contributed by atoms with Gasteiger partial charge in [0.05, 0.1) is 20.4 Å². The Labute approximate surface area is 95.4 Å². The van der Waals surface area contributed by atoms with Crippen LogP contribution in [0.2, 0.25) is 0 Å². The van der Waals surface area contributed by atoms with Crippen LogP contribution in [0, 0.1) is 0 Å². The zero-order valence-electron chi connectivity index (χ0n) is 9.56. The van der Waals surface area contributed by atoms with Crippen LogP contribution in [0.4, 0.5) is 0 Å². The number of benzene rings is 1. The molecule has 1 aromatic rings. The maximum Gasteiger partial charge on any atom is 0.164 e. The van der Waals surface area contributed by atoms with Gasteiger partial charge in [-0.2, -0.15) is 5.10 Å². The smallest absolute Gasteiger partial charge is 0.164 e. The molecule has 0 aliphatic rings. The average molecular weight is 220 g/mol. The molecule has 0 saturated carbocycles. The molecule has 0 spiro atoms. The number of hydrogen-bond acceptors (Lipinski definition) is 4. The van der Waals surface area contributed by atoms with Gasteiger partial charge in [-0.15, -0.1) is 6.58 Å². The summed E-state index contributed by atoms with van der Waals surface area (Å²) in [7, 11) is 3.21. The Balaban J connectivity index is 3.30. The third-order valence-corrected chi connectivity index (χ3v) is 2.17. The third-order valence-electron chi connectivity index (χ3n) is 2.17. The van der Waals surface area contributed by atoms with Gasteiger partial charge < -0.3 is 15.3 Å². The highest BCUT2D eigenvalue weighted by atomic mass is 16.5. The zero-order valence-corrected chi connectivity index (χ0v) is 9.56. The summed E-state index contributed by atoms with van der Waals surface area (Å²) >= 11 is 0. The van der Waals surface area contributed by atoms with Crippen molar-refractivity contribution in [3.05, 3.63) is 35.9 Å². The molecule has 0 atom stereocenters. The Bertz CT molecular complexity index is 400. The van der Waals surface area contributed by atoms with Crippen LogP contribution in [0.5, 0.6) is 11.5 Å². The number of rotatable bonds is 5. The van der Waals surface area contributed by atoms with Crippen LogP contribution < -0.4 is 15.3 Å². The molecule has 1 rings (SSSR count). The molecule has 0 radical (unpaired) electrons. The molecule has 2 N–H and O–H groups in total. The molecule has 0 unspecified atom stereocenters. The van der Waals surface area contributed by atoms with Crippen molar-refractivity contribution in [1.29, 1.82) is 0 Å². The summed E-state index contributed by atoms with van der Waals surface area (Å²) in [4.78, 5) is 0. The lowest BCUT2D eigenvalue weighted by atomic mass is 10.1. The molecule has 4 nitrogen and oxygen atoms in total. The van der Waals surface area contributed by atoms with Gasteiger partial charge in [-0.3, -0.25) is 0 Å². The van der Waals surface area contributed by atoms with Crippen LogP contribution in [0.25, 0.3) is 0 Å². The monoisotopic (exact) mass is 220 g/mol. The predicted octanol–water partition coefficient (Wildman–Crippen LogP) is 1.72. The van der Waals surface area contributed by atoms with Crippen LogP contribution in [0.1, 0.15) is 11.1 Å². The van der Waals surface area contributed by atoms with Gasteiger partial charge in [0.15, 0.2) is 11.5 Å². The minimum Gasteiger partial charge on any atom is -0.493 e. The molecular weight excluding hydrogens is 204 g/mol. The Kier molecular flexibility index (Phi) is 4.39. The van der Waals surface area contributed by atoms with Crippen molar-refractivity contribution in [2.75, 3.05) is 14.2 Å². The van der Waals surface area contributed by atoms with Gasteiger partial charge in [-0.1, -0.05) is 6.08 Å². The molecular formula is C12H16N2O2. The second kappa shape index (κ2) is 5.80. The summed E-state index contributed by atoms with van der Waals surface area (Å²) in [5, 5.41) is 3.49. The summed E-state index contributed by atoms with van der Waals surface area (Å²) in [6, 6.07) is 3.77. The summed E-state index contributed by atoms with van der Waals surface area (Å²) in [6.45, 7) is 3.71. The van der Waals surface area contributed by atoms with Crippen molar-refractivity contribution in [2.24, 2.45) is 10.9 Å². The molecule has 4 heteroatoms. The molecule has 0 bridgehead atoms. The molecule has 86 valence electrons. The highest BCUT2D eigenvalue weighted by Crippen LogP contribution is 2.32. The normalized spacial score (nSPS) is 10.4. The Morgan fingerprint density at radius 2 is 2.12 bits per heavy atom. The van der Waals surface area contributed by atoms with Gasteiger partial charge in [0.25, 0.3) is 0 Å². The topological polar surface area (TPSA) is 56.8 Å². The second-order valence-electron chi connectivity index (χ2n) is 3.19. The fourth-order valence-corrected chi connectivity index (χ4v) is 1.53. The lowest BCUT2D eigenvalue weighted by molar-refractivity contribution is 0.352. The zero-order chi connectivity index (χ0) is 12.0. The van der Waals surface area contributed by atoms with E-state index in [0.29, 0.717) is 12.2 Å². The van der Waals surface area contributed by atoms with Gasteiger partial charge in [0, 0.05) is 5.56 Å². The van der Waals surface area contributed by atoms with Gasteiger partial charge in [0.1, 0.15) is 0 Å². The van der Waals surface area contributed by atoms with Gasteiger partial charge in [0.2, 0.25) is 0 Å². The molecule has 0 amide bonds. The number of ether oxygens (including phenoxy) is 2. The molecule has 1 aromatic carbocycles. The maximum atomic E-state index is 5.30. The molecule has 16 heavy (non-hydrogen) atoms. The number of methoxy groups -OCH3 is 2. The van der Waals surface area contributed by atoms with Crippen LogP contribution in [0.15, 0.2) is 29.9 Å². The van der Waals surface area contributed by atoms with E-state index in [1.54, 1.807) is 26.5 Å². The third kappa shape index (κ3) is 2.53. The van der Waals surface area contributed by atoms with Crippen LogP contribution in [0.3, 0.4) is 0 Å². The fraction of sp³-hybridized carbons (Fsp3) is 0.250. The van der Waals surface area contributed by atoms with E-state index in [9.17, 15) is 0 Å². The first kappa shape index (κ1) is 12.1. The largest absolute Gasteiger partial charge is 0.493 e. The molecule has 0 aliphatic carbocycles. The van der Waals surface area contributed by atoms with Crippen molar-refractivity contribution >= 4 is 6.21 Å². The predicted molar refractivity (Wildman–Crippen MR) is 65.2 cm³/mol. The summed E-state index contributed by atoms with van der Waals surface area (Å²) in [5.41, 5.74) is 1.86. The van der Waals surface area contributed by atoms with E-state index in [1.807, 2.05) is 12.1 Å². The highest BCUT2D eigenvalue weighted by Gasteiger charge is 2.10. The second-order valence-corrected chi connectivity index (χ2v) is 3.19. The number of nitrogens with two attached hydrogens (primary N) is 1. The van der Waals surface area contributed by atoms with Crippen LogP contribution >= 0.6 is 0 Å². The van der Waals surface area contributed by atoms with E-state index in [1.165, 1.54) is 0 Å². The molecule has 0 heterocycles. The summed E-state index contributed by atoms with van der Waals surface area (Å²) in [5.74, 6) is 6.51. The maximum absolute atomic E-state index is 5.30. The molecule has 0 fully saturated rings. The van der Waals surface area contributed by atoms with Crippen LogP contribution in [-0.2, 0) is 6.42 Å². The minimum atomic E-state index is 0.664. The lowest BCUT2D eigenvalue weighted by Gasteiger charge is -2.12. The van der Waals surface area contributed by atoms with Gasteiger partial charge in [-0.05, 0) is 24.1 Å². The highest BCUT2D eigenvalue weighted by molar-refractivity contribution is 5.81. The lowest BCUT2D eigenvalue weighted by Crippen LogP contribution is -1.98. The number of nitrogens with zero attached hydrogens (tertiary/aromatic N) is 1. The summed E-state index contributed by atoms with van der Waals surface area (Å²) in [6.07, 6.45) is 4.07. The molecule has 0 saturated heterocycles. The Morgan fingerprint density at radius 3 is 2.62 bits per heavy atom. The Morgan fingerprint density at radius 1 is 1.38 bits per heavy atom.